The number of halogens is 1. The molecule has 1 aromatic heterocycles. The van der Waals surface area contributed by atoms with E-state index in [-0.39, 0.29) is 23.8 Å². The molecule has 9 nitrogen and oxygen atoms in total. The van der Waals surface area contributed by atoms with Crippen molar-refractivity contribution in [2.75, 3.05) is 23.3 Å². The normalized spacial score (nSPS) is 13.0. The second-order valence-electron chi connectivity index (χ2n) is 5.23. The van der Waals surface area contributed by atoms with Gasteiger partial charge in [-0.2, -0.15) is 0 Å². The van der Waals surface area contributed by atoms with Crippen molar-refractivity contribution in [3.05, 3.63) is 46.8 Å². The molecule has 0 unspecified atom stereocenters. The number of ether oxygens (including phenoxy) is 1. The van der Waals surface area contributed by atoms with E-state index in [4.69, 9.17) is 4.74 Å². The number of aromatic nitrogens is 2. The molecule has 1 aliphatic rings. The zero-order chi connectivity index (χ0) is 16.9. The van der Waals surface area contributed by atoms with Crippen LogP contribution in [0, 0.1) is 10.1 Å². The number of nitro groups is 1. The van der Waals surface area contributed by atoms with Gasteiger partial charge in [-0.05, 0) is 25.0 Å². The maximum Gasteiger partial charge on any atom is 0.417 e. The topological polar surface area (TPSA) is 110 Å². The number of carbonyl (C=O) groups is 1. The highest BCUT2D eigenvalue weighted by Gasteiger charge is 2.15. The summed E-state index contributed by atoms with van der Waals surface area (Å²) in [6.45, 7) is 1.88. The minimum Gasteiger partial charge on any atom is -0.410 e. The number of carbonyl (C=O) groups excluding carboxylic acids is 1. The van der Waals surface area contributed by atoms with Gasteiger partial charge in [0, 0.05) is 25.2 Å². The summed E-state index contributed by atoms with van der Waals surface area (Å²) in [7, 11) is 0. The number of anilines is 2. The van der Waals surface area contributed by atoms with Crippen molar-refractivity contribution in [2.45, 2.75) is 12.8 Å². The molecular formula is C15H16ClN5O4. The van der Waals surface area contributed by atoms with Crippen molar-refractivity contribution in [1.82, 2.24) is 9.97 Å². The van der Waals surface area contributed by atoms with Crippen LogP contribution in [0.4, 0.5) is 22.1 Å². The first-order valence-corrected chi connectivity index (χ1v) is 7.42. The van der Waals surface area contributed by atoms with Crippen LogP contribution in [-0.4, -0.2) is 34.1 Å². The fourth-order valence-corrected chi connectivity index (χ4v) is 2.35. The smallest absolute Gasteiger partial charge is 0.410 e. The van der Waals surface area contributed by atoms with Crippen LogP contribution < -0.4 is 15.0 Å². The highest BCUT2D eigenvalue weighted by Crippen LogP contribution is 2.19. The summed E-state index contributed by atoms with van der Waals surface area (Å²) in [4.78, 5) is 32.4. The molecule has 0 saturated carbocycles. The zero-order valence-corrected chi connectivity index (χ0v) is 13.9. The largest absolute Gasteiger partial charge is 0.417 e. The molecule has 0 spiro atoms. The van der Waals surface area contributed by atoms with Crippen molar-refractivity contribution < 1.29 is 14.5 Å². The Balaban J connectivity index is 0.00000225. The number of nitro benzene ring substituents is 1. The van der Waals surface area contributed by atoms with Gasteiger partial charge in [0.15, 0.2) is 0 Å². The Morgan fingerprint density at radius 2 is 1.76 bits per heavy atom. The molecule has 1 amide bonds. The number of benzene rings is 1. The maximum atomic E-state index is 11.8. The Morgan fingerprint density at radius 1 is 1.16 bits per heavy atom. The van der Waals surface area contributed by atoms with Gasteiger partial charge in [-0.15, -0.1) is 12.4 Å². The number of nitrogens with one attached hydrogen (secondary N) is 1. The number of nitrogens with zero attached hydrogens (tertiary/aromatic N) is 4. The van der Waals surface area contributed by atoms with Gasteiger partial charge in [0.25, 0.3) is 5.69 Å². The van der Waals surface area contributed by atoms with Crippen molar-refractivity contribution in [3.8, 4) is 5.75 Å². The molecular weight excluding hydrogens is 350 g/mol. The lowest BCUT2D eigenvalue weighted by Crippen LogP contribution is -2.21. The van der Waals surface area contributed by atoms with Gasteiger partial charge < -0.3 is 9.64 Å². The lowest BCUT2D eigenvalue weighted by molar-refractivity contribution is -0.384. The number of hydrogen-bond donors (Lipinski definition) is 1. The van der Waals surface area contributed by atoms with E-state index in [0.717, 1.165) is 25.9 Å². The molecule has 1 N–H and O–H groups in total. The Labute approximate surface area is 149 Å². The minimum atomic E-state index is -0.721. The Morgan fingerprint density at radius 3 is 2.32 bits per heavy atom. The highest BCUT2D eigenvalue weighted by molar-refractivity contribution is 5.86. The van der Waals surface area contributed by atoms with Gasteiger partial charge in [0.2, 0.25) is 5.95 Å². The predicted octanol–water partition coefficient (Wildman–Crippen LogP) is 3.02. The van der Waals surface area contributed by atoms with Gasteiger partial charge in [-0.3, -0.25) is 15.4 Å². The van der Waals surface area contributed by atoms with Crippen LogP contribution >= 0.6 is 12.4 Å². The Hall–Kier alpha value is -2.94. The van der Waals surface area contributed by atoms with Crippen molar-refractivity contribution >= 4 is 35.8 Å². The summed E-state index contributed by atoms with van der Waals surface area (Å²) < 4.78 is 5.04. The van der Waals surface area contributed by atoms with Gasteiger partial charge in [-0.25, -0.2) is 14.8 Å². The number of rotatable bonds is 4. The third-order valence-corrected chi connectivity index (χ3v) is 3.53. The third kappa shape index (κ3) is 4.77. The van der Waals surface area contributed by atoms with Crippen LogP contribution in [-0.2, 0) is 0 Å². The SMILES string of the molecule is Cl.O=C(Nc1cnc(N2CCCC2)nc1)Oc1ccc([N+](=O)[O-])cc1. The van der Waals surface area contributed by atoms with E-state index in [1.54, 1.807) is 0 Å². The van der Waals surface area contributed by atoms with E-state index in [9.17, 15) is 14.9 Å². The van der Waals surface area contributed by atoms with Crippen LogP contribution in [0.2, 0.25) is 0 Å². The predicted molar refractivity (Wildman–Crippen MR) is 93.5 cm³/mol. The molecule has 1 saturated heterocycles. The van der Waals surface area contributed by atoms with Gasteiger partial charge in [-0.1, -0.05) is 0 Å². The highest BCUT2D eigenvalue weighted by atomic mass is 35.5. The number of hydrogen-bond acceptors (Lipinski definition) is 7. The van der Waals surface area contributed by atoms with E-state index in [1.165, 1.54) is 36.7 Å². The maximum absolute atomic E-state index is 11.8. The molecule has 132 valence electrons. The summed E-state index contributed by atoms with van der Waals surface area (Å²) in [5.74, 6) is 0.842. The Kier molecular flexibility index (Phi) is 6.07. The van der Waals surface area contributed by atoms with E-state index in [0.29, 0.717) is 11.6 Å². The zero-order valence-electron chi connectivity index (χ0n) is 13.1. The van der Waals surface area contributed by atoms with Gasteiger partial charge >= 0.3 is 6.09 Å². The summed E-state index contributed by atoms with van der Waals surface area (Å²) in [5, 5.41) is 13.1. The molecule has 0 bridgehead atoms. The monoisotopic (exact) mass is 365 g/mol. The van der Waals surface area contributed by atoms with E-state index in [1.807, 2.05) is 0 Å². The summed E-state index contributed by atoms with van der Waals surface area (Å²) >= 11 is 0. The van der Waals surface area contributed by atoms with Crippen LogP contribution in [0.25, 0.3) is 0 Å². The minimum absolute atomic E-state index is 0. The first-order chi connectivity index (χ1) is 11.6. The average molecular weight is 366 g/mol. The fourth-order valence-electron chi connectivity index (χ4n) is 2.35. The lowest BCUT2D eigenvalue weighted by atomic mass is 10.3. The average Bonchev–Trinajstić information content (AvgIpc) is 3.10. The second kappa shape index (κ2) is 8.25. The van der Waals surface area contributed by atoms with Crippen LogP contribution in [0.3, 0.4) is 0 Å². The molecule has 2 aromatic rings. The number of amides is 1. The van der Waals surface area contributed by atoms with Crippen molar-refractivity contribution in [2.24, 2.45) is 0 Å². The molecule has 1 aliphatic heterocycles. The quantitative estimate of drug-likeness (QED) is 0.654. The summed E-state index contributed by atoms with van der Waals surface area (Å²) in [6, 6.07) is 5.22. The van der Waals surface area contributed by atoms with Crippen LogP contribution in [0.1, 0.15) is 12.8 Å². The molecule has 10 heteroatoms. The Bertz CT molecular complexity index is 733. The standard InChI is InChI=1S/C15H15N5O4.ClH/c21-15(24-13-5-3-12(4-6-13)20(22)23)18-11-9-16-14(17-10-11)19-7-1-2-8-19;/h3-6,9-10H,1-2,7-8H2,(H,18,21);1H. The first-order valence-electron chi connectivity index (χ1n) is 7.42. The molecule has 0 aliphatic carbocycles. The molecule has 25 heavy (non-hydrogen) atoms. The van der Waals surface area contributed by atoms with Gasteiger partial charge in [0.1, 0.15) is 5.75 Å². The van der Waals surface area contributed by atoms with E-state index >= 15 is 0 Å². The first kappa shape index (κ1) is 18.4. The van der Waals surface area contributed by atoms with E-state index in [2.05, 4.69) is 20.2 Å². The molecule has 0 radical (unpaired) electrons. The van der Waals surface area contributed by atoms with Crippen molar-refractivity contribution in [3.63, 3.8) is 0 Å². The molecule has 1 fully saturated rings. The fraction of sp³-hybridized carbons (Fsp3) is 0.267. The number of non-ortho nitro benzene ring substituents is 1. The molecule has 1 aromatic carbocycles. The molecule has 3 rings (SSSR count). The third-order valence-electron chi connectivity index (χ3n) is 3.53. The lowest BCUT2D eigenvalue weighted by Gasteiger charge is -2.14. The second-order valence-corrected chi connectivity index (χ2v) is 5.23. The van der Waals surface area contributed by atoms with Crippen molar-refractivity contribution in [1.29, 1.82) is 0 Å². The van der Waals surface area contributed by atoms with E-state index < -0.39 is 11.0 Å². The van der Waals surface area contributed by atoms with Crippen LogP contribution in [0.15, 0.2) is 36.7 Å². The van der Waals surface area contributed by atoms with Gasteiger partial charge in [0.05, 0.1) is 23.0 Å². The summed E-state index contributed by atoms with van der Waals surface area (Å²) in [6.07, 6.45) is 4.56. The summed E-state index contributed by atoms with van der Waals surface area (Å²) in [5.41, 5.74) is 0.332. The molecule has 2 heterocycles. The van der Waals surface area contributed by atoms with Crippen LogP contribution in [0.5, 0.6) is 5.75 Å². The molecule has 0 atom stereocenters.